The van der Waals surface area contributed by atoms with E-state index in [4.69, 9.17) is 21.2 Å². The summed E-state index contributed by atoms with van der Waals surface area (Å²) in [5.41, 5.74) is 5.48. The van der Waals surface area contributed by atoms with Gasteiger partial charge in [-0.25, -0.2) is 4.98 Å². The maximum absolute atomic E-state index is 11.6. The summed E-state index contributed by atoms with van der Waals surface area (Å²) in [5.74, 6) is 0. The first kappa shape index (κ1) is 26.5. The summed E-state index contributed by atoms with van der Waals surface area (Å²) in [6, 6.07) is 10.3. The number of aryl methyl sites for hydroxylation is 1. The van der Waals surface area contributed by atoms with Gasteiger partial charge in [0, 0.05) is 6.54 Å². The highest BCUT2D eigenvalue weighted by molar-refractivity contribution is 6.31. The van der Waals surface area contributed by atoms with Crippen LogP contribution in [0.1, 0.15) is 16.1 Å². The summed E-state index contributed by atoms with van der Waals surface area (Å²) < 4.78 is 39.5. The average Bonchev–Trinajstić information content (AvgIpc) is 2.98. The second kappa shape index (κ2) is 15.5. The van der Waals surface area contributed by atoms with Gasteiger partial charge in [-0.05, 0) is 6.92 Å². The van der Waals surface area contributed by atoms with Crippen molar-refractivity contribution in [1.29, 1.82) is 0 Å². The number of imidazole rings is 1. The molecular formula is C16H19ClF3N3O4. The van der Waals surface area contributed by atoms with Crippen LogP contribution in [0.3, 0.4) is 0 Å². The van der Waals surface area contributed by atoms with E-state index in [-0.39, 0.29) is 23.8 Å². The predicted octanol–water partition coefficient (Wildman–Crippen LogP) is 2.80. The number of benzene rings is 1. The van der Waals surface area contributed by atoms with Crippen molar-refractivity contribution in [2.75, 3.05) is 6.61 Å². The number of hydrogen-bond acceptors (Lipinski definition) is 5. The predicted molar refractivity (Wildman–Crippen MR) is 93.2 cm³/mol. The molecule has 2 rings (SSSR count). The standard InChI is InChI=1S/C7H6ClF3N2O2.C7H8.CH3NO.CH2O/c8-6-5(3-14)12-4-13(6)1-2-15-7(9,10)11;1-7-5-3-2-4-6-7;2-1-3;1-2/h3-4H,1-2H2;2-6H,1H3;1H,(H2,2,3);1H2. The number of carbonyl (C=O) groups is 3. The first-order valence-corrected chi connectivity index (χ1v) is 7.45. The van der Waals surface area contributed by atoms with Crippen LogP contribution in [0.2, 0.25) is 5.15 Å². The third-order valence-corrected chi connectivity index (χ3v) is 2.86. The molecule has 1 aromatic carbocycles. The summed E-state index contributed by atoms with van der Waals surface area (Å²) in [5, 5.41) is -0.00391. The molecule has 0 spiro atoms. The number of carbonyl (C=O) groups excluding carboxylic acids is 3. The van der Waals surface area contributed by atoms with Gasteiger partial charge in [-0.1, -0.05) is 47.5 Å². The van der Waals surface area contributed by atoms with Gasteiger partial charge in [-0.2, -0.15) is 0 Å². The lowest BCUT2D eigenvalue weighted by molar-refractivity contribution is -0.325. The number of amides is 1. The van der Waals surface area contributed by atoms with Crippen molar-refractivity contribution in [2.45, 2.75) is 19.8 Å². The van der Waals surface area contributed by atoms with Gasteiger partial charge in [0.2, 0.25) is 6.41 Å². The monoisotopic (exact) mass is 409 g/mol. The zero-order valence-corrected chi connectivity index (χ0v) is 15.1. The number of rotatable bonds is 4. The number of nitrogens with zero attached hydrogens (tertiary/aromatic N) is 2. The van der Waals surface area contributed by atoms with E-state index in [0.29, 0.717) is 6.29 Å². The SMILES string of the molecule is C=O.Cc1ccccc1.NC=O.O=Cc1ncn(CCOC(F)(F)F)c1Cl. The topological polar surface area (TPSA) is 104 Å². The molecule has 0 radical (unpaired) electrons. The third-order valence-electron chi connectivity index (χ3n) is 2.45. The Labute approximate surface area is 158 Å². The Bertz CT molecular complexity index is 652. The highest BCUT2D eigenvalue weighted by Gasteiger charge is 2.28. The molecule has 0 atom stereocenters. The van der Waals surface area contributed by atoms with E-state index < -0.39 is 13.0 Å². The van der Waals surface area contributed by atoms with E-state index in [1.165, 1.54) is 16.5 Å². The molecule has 0 unspecified atom stereocenters. The lowest BCUT2D eigenvalue weighted by Gasteiger charge is -2.07. The van der Waals surface area contributed by atoms with Crippen molar-refractivity contribution in [3.63, 3.8) is 0 Å². The quantitative estimate of drug-likeness (QED) is 0.782. The minimum Gasteiger partial charge on any atom is -0.372 e. The zero-order chi connectivity index (χ0) is 21.3. The number of alkyl halides is 3. The number of hydrogen-bond donors (Lipinski definition) is 1. The number of aldehydes is 1. The molecule has 0 saturated carbocycles. The summed E-state index contributed by atoms with van der Waals surface area (Å²) in [6.45, 7) is 3.37. The van der Waals surface area contributed by atoms with Gasteiger partial charge < -0.3 is 15.1 Å². The van der Waals surface area contributed by atoms with Crippen molar-refractivity contribution in [1.82, 2.24) is 9.55 Å². The lowest BCUT2D eigenvalue weighted by atomic mass is 10.2. The van der Waals surface area contributed by atoms with Crippen molar-refractivity contribution in [2.24, 2.45) is 5.73 Å². The van der Waals surface area contributed by atoms with Crippen LogP contribution >= 0.6 is 11.6 Å². The van der Waals surface area contributed by atoms with Gasteiger partial charge >= 0.3 is 6.36 Å². The van der Waals surface area contributed by atoms with Crippen molar-refractivity contribution < 1.29 is 32.3 Å². The van der Waals surface area contributed by atoms with Crippen LogP contribution < -0.4 is 5.73 Å². The van der Waals surface area contributed by atoms with Crippen LogP contribution in [0, 0.1) is 6.92 Å². The number of nitrogens with two attached hydrogens (primary N) is 1. The Morgan fingerprint density at radius 3 is 2.11 bits per heavy atom. The number of ether oxygens (including phenoxy) is 1. The molecule has 1 aromatic heterocycles. The molecular weight excluding hydrogens is 391 g/mol. The number of primary amides is 1. The van der Waals surface area contributed by atoms with Gasteiger partial charge in [0.1, 0.15) is 17.6 Å². The molecule has 0 aliphatic carbocycles. The minimum absolute atomic E-state index is 0.00391. The van der Waals surface area contributed by atoms with E-state index in [2.05, 4.69) is 34.5 Å². The minimum atomic E-state index is -4.67. The Morgan fingerprint density at radius 1 is 1.26 bits per heavy atom. The molecule has 0 aliphatic rings. The van der Waals surface area contributed by atoms with E-state index in [0.717, 1.165) is 0 Å². The van der Waals surface area contributed by atoms with Crippen LogP contribution in [0.25, 0.3) is 0 Å². The Kier molecular flexibility index (Phi) is 15.2. The van der Waals surface area contributed by atoms with Crippen LogP contribution in [-0.2, 0) is 20.9 Å². The van der Waals surface area contributed by atoms with Crippen molar-refractivity contribution in [3.05, 3.63) is 53.1 Å². The van der Waals surface area contributed by atoms with Crippen LogP contribution in [0.4, 0.5) is 13.2 Å². The van der Waals surface area contributed by atoms with Crippen molar-refractivity contribution >= 4 is 31.1 Å². The molecule has 0 fully saturated rings. The van der Waals surface area contributed by atoms with E-state index in [9.17, 15) is 18.0 Å². The van der Waals surface area contributed by atoms with Gasteiger partial charge in [0.15, 0.2) is 6.29 Å². The second-order valence-electron chi connectivity index (χ2n) is 4.32. The van der Waals surface area contributed by atoms with E-state index in [1.54, 1.807) is 0 Å². The second-order valence-corrected chi connectivity index (χ2v) is 4.67. The smallest absolute Gasteiger partial charge is 0.372 e. The zero-order valence-electron chi connectivity index (χ0n) is 14.4. The molecule has 1 amide bonds. The van der Waals surface area contributed by atoms with E-state index in [1.807, 2.05) is 25.0 Å². The summed E-state index contributed by atoms with van der Waals surface area (Å²) in [6.07, 6.45) is -2.82. The van der Waals surface area contributed by atoms with E-state index >= 15 is 0 Å². The largest absolute Gasteiger partial charge is 0.522 e. The van der Waals surface area contributed by atoms with Crippen LogP contribution in [-0.4, -0.2) is 42.0 Å². The molecule has 0 saturated heterocycles. The molecule has 7 nitrogen and oxygen atoms in total. The number of aromatic nitrogens is 2. The average molecular weight is 410 g/mol. The molecule has 2 aromatic rings. The van der Waals surface area contributed by atoms with Crippen molar-refractivity contribution in [3.8, 4) is 0 Å². The van der Waals surface area contributed by atoms with Crippen LogP contribution in [0.5, 0.6) is 0 Å². The molecule has 27 heavy (non-hydrogen) atoms. The fraction of sp³-hybridized carbons (Fsp3) is 0.250. The Hall–Kier alpha value is -2.72. The molecule has 0 aliphatic heterocycles. The maximum atomic E-state index is 11.6. The maximum Gasteiger partial charge on any atom is 0.522 e. The first-order chi connectivity index (χ1) is 12.7. The summed E-state index contributed by atoms with van der Waals surface area (Å²) >= 11 is 5.61. The fourth-order valence-corrected chi connectivity index (χ4v) is 1.63. The first-order valence-electron chi connectivity index (χ1n) is 7.07. The highest BCUT2D eigenvalue weighted by atomic mass is 35.5. The highest BCUT2D eigenvalue weighted by Crippen LogP contribution is 2.17. The number of halogens is 4. The van der Waals surface area contributed by atoms with Gasteiger partial charge in [-0.3, -0.25) is 14.3 Å². The normalized spacial score (nSPS) is 9.37. The lowest BCUT2D eigenvalue weighted by Crippen LogP contribution is -2.17. The third kappa shape index (κ3) is 14.2. The molecule has 2 N–H and O–H groups in total. The summed E-state index contributed by atoms with van der Waals surface area (Å²) in [4.78, 5) is 30.5. The summed E-state index contributed by atoms with van der Waals surface area (Å²) in [7, 11) is 0. The molecule has 1 heterocycles. The molecule has 150 valence electrons. The van der Waals surface area contributed by atoms with Gasteiger partial charge in [-0.15, -0.1) is 13.2 Å². The molecule has 11 heteroatoms. The Morgan fingerprint density at radius 2 is 1.78 bits per heavy atom. The van der Waals surface area contributed by atoms with Gasteiger partial charge in [0.25, 0.3) is 0 Å². The molecule has 0 bridgehead atoms. The van der Waals surface area contributed by atoms with Crippen LogP contribution in [0.15, 0.2) is 36.7 Å². The Balaban J connectivity index is 0. The van der Waals surface area contributed by atoms with Gasteiger partial charge in [0.05, 0.1) is 12.9 Å². The fourth-order valence-electron chi connectivity index (χ4n) is 1.41.